The average molecular weight is 515 g/mol. The maximum atomic E-state index is 12.8. The van der Waals surface area contributed by atoms with E-state index in [1.165, 1.54) is 6.08 Å². The fourth-order valence-electron chi connectivity index (χ4n) is 2.85. The molecule has 1 aromatic carbocycles. The fraction of sp³-hybridized carbons (Fsp3) is 0.211. The number of nitrogens with one attached hydrogen (secondary N) is 1. The maximum absolute atomic E-state index is 12.8. The third-order valence-corrected chi connectivity index (χ3v) is 5.22. The van der Waals surface area contributed by atoms with Gasteiger partial charge in [-0.1, -0.05) is 18.2 Å². The highest BCUT2D eigenvalue weighted by atomic mass is 127. The van der Waals surface area contributed by atoms with Crippen LogP contribution >= 0.6 is 22.6 Å². The van der Waals surface area contributed by atoms with Crippen molar-refractivity contribution in [1.29, 1.82) is 5.26 Å². The lowest BCUT2D eigenvalue weighted by Crippen LogP contribution is -2.38. The Bertz CT molecular complexity index is 1150. The minimum absolute atomic E-state index is 0.0413. The van der Waals surface area contributed by atoms with Gasteiger partial charge in [-0.2, -0.15) is 18.4 Å². The molecular weight excluding hydrogens is 502 g/mol. The number of aromatic amines is 1. The van der Waals surface area contributed by atoms with Gasteiger partial charge in [-0.05, 0) is 47.2 Å². The molecule has 1 atom stereocenters. The van der Waals surface area contributed by atoms with E-state index in [-0.39, 0.29) is 17.7 Å². The Balaban J connectivity index is 2.06. The summed E-state index contributed by atoms with van der Waals surface area (Å²) in [5.41, 5.74) is -2.50. The van der Waals surface area contributed by atoms with Crippen molar-refractivity contribution in [1.82, 2.24) is 9.55 Å². The van der Waals surface area contributed by atoms with Gasteiger partial charge in [0.25, 0.3) is 5.56 Å². The van der Waals surface area contributed by atoms with Crippen molar-refractivity contribution in [3.05, 3.63) is 77.7 Å². The van der Waals surface area contributed by atoms with Crippen molar-refractivity contribution in [2.24, 2.45) is 0 Å². The Morgan fingerprint density at radius 3 is 2.59 bits per heavy atom. The molecule has 0 spiro atoms. The number of H-pyrrole nitrogens is 1. The number of ether oxygens (including phenoxy) is 1. The van der Waals surface area contributed by atoms with E-state index in [0.717, 1.165) is 5.56 Å². The van der Waals surface area contributed by atoms with Gasteiger partial charge in [-0.3, -0.25) is 4.79 Å². The molecule has 1 heterocycles. The normalized spacial score (nSPS) is 17.0. The van der Waals surface area contributed by atoms with E-state index >= 15 is 0 Å². The largest absolute Gasteiger partial charge is 0.484 e. The summed E-state index contributed by atoms with van der Waals surface area (Å²) in [4.78, 5) is 26.3. The lowest BCUT2D eigenvalue weighted by atomic mass is 9.99. The molecule has 1 aliphatic carbocycles. The Morgan fingerprint density at radius 1 is 1.31 bits per heavy atom. The summed E-state index contributed by atoms with van der Waals surface area (Å²) >= 11 is 1.83. The molecule has 29 heavy (non-hydrogen) atoms. The lowest BCUT2D eigenvalue weighted by Gasteiger charge is -2.25. The Labute approximate surface area is 176 Å². The molecular formula is C19H13F3IN3O3. The number of benzene rings is 1. The van der Waals surface area contributed by atoms with Crippen molar-refractivity contribution in [2.75, 3.05) is 0 Å². The van der Waals surface area contributed by atoms with Crippen LogP contribution in [0.2, 0.25) is 0 Å². The highest BCUT2D eigenvalue weighted by Crippen LogP contribution is 2.33. The van der Waals surface area contributed by atoms with E-state index in [2.05, 4.69) is 0 Å². The molecule has 0 aliphatic heterocycles. The molecule has 0 saturated heterocycles. The molecule has 1 unspecified atom stereocenters. The topological polar surface area (TPSA) is 87.9 Å². The molecule has 0 bridgehead atoms. The third-order valence-electron chi connectivity index (χ3n) is 4.28. The molecule has 150 valence electrons. The minimum Gasteiger partial charge on any atom is -0.484 e. The van der Waals surface area contributed by atoms with Gasteiger partial charge in [-0.15, -0.1) is 0 Å². The SMILES string of the molecule is Cc1ccccc1OC1CC(n2c(=O)cc(C(F)(F)F)[nH]c2=O)=C(I)C=C1C#N. The van der Waals surface area contributed by atoms with Gasteiger partial charge in [-0.25, -0.2) is 9.36 Å². The van der Waals surface area contributed by atoms with Crippen LogP contribution in [-0.4, -0.2) is 15.7 Å². The van der Waals surface area contributed by atoms with Crippen LogP contribution in [0.1, 0.15) is 17.7 Å². The molecule has 2 aromatic rings. The molecule has 6 nitrogen and oxygen atoms in total. The van der Waals surface area contributed by atoms with E-state index < -0.39 is 29.2 Å². The van der Waals surface area contributed by atoms with Crippen LogP contribution in [0, 0.1) is 18.3 Å². The molecule has 0 radical (unpaired) electrons. The van der Waals surface area contributed by atoms with Crippen LogP contribution in [0.15, 0.2) is 55.1 Å². The number of nitrogens with zero attached hydrogens (tertiary/aromatic N) is 2. The summed E-state index contributed by atoms with van der Waals surface area (Å²) in [6.07, 6.45) is -4.24. The first-order valence-electron chi connectivity index (χ1n) is 8.28. The highest BCUT2D eigenvalue weighted by molar-refractivity contribution is 14.1. The zero-order chi connectivity index (χ0) is 21.3. The van der Waals surface area contributed by atoms with Crippen LogP contribution < -0.4 is 16.0 Å². The van der Waals surface area contributed by atoms with Gasteiger partial charge in [0.15, 0.2) is 0 Å². The number of para-hydroxylation sites is 1. The van der Waals surface area contributed by atoms with Gasteiger partial charge in [0.2, 0.25) is 0 Å². The Morgan fingerprint density at radius 2 is 2.00 bits per heavy atom. The van der Waals surface area contributed by atoms with Crippen molar-refractivity contribution in [3.63, 3.8) is 0 Å². The average Bonchev–Trinajstić information content (AvgIpc) is 2.64. The quantitative estimate of drug-likeness (QED) is 0.631. The van der Waals surface area contributed by atoms with Gasteiger partial charge in [0, 0.05) is 21.8 Å². The Hall–Kier alpha value is -2.81. The summed E-state index contributed by atoms with van der Waals surface area (Å²) in [7, 11) is 0. The van der Waals surface area contributed by atoms with Crippen LogP contribution in [-0.2, 0) is 6.18 Å². The second-order valence-electron chi connectivity index (χ2n) is 6.24. The van der Waals surface area contributed by atoms with Gasteiger partial charge < -0.3 is 9.72 Å². The predicted molar refractivity (Wildman–Crippen MR) is 107 cm³/mol. The number of aromatic nitrogens is 2. The Kier molecular flexibility index (Phi) is 5.70. The van der Waals surface area contributed by atoms with Gasteiger partial charge >= 0.3 is 11.9 Å². The first-order chi connectivity index (χ1) is 13.6. The first kappa shape index (κ1) is 20.9. The maximum Gasteiger partial charge on any atom is 0.431 e. The zero-order valence-corrected chi connectivity index (χ0v) is 17.0. The third kappa shape index (κ3) is 4.29. The lowest BCUT2D eigenvalue weighted by molar-refractivity contribution is -0.141. The van der Waals surface area contributed by atoms with Crippen molar-refractivity contribution >= 4 is 28.3 Å². The van der Waals surface area contributed by atoms with Crippen molar-refractivity contribution < 1.29 is 17.9 Å². The summed E-state index contributed by atoms with van der Waals surface area (Å²) < 4.78 is 45.5. The number of nitriles is 1. The number of halogens is 4. The molecule has 1 aliphatic rings. The molecule has 3 rings (SSSR count). The van der Waals surface area contributed by atoms with Gasteiger partial charge in [0.1, 0.15) is 17.5 Å². The summed E-state index contributed by atoms with van der Waals surface area (Å²) in [6, 6.07) is 9.47. The number of hydrogen-bond acceptors (Lipinski definition) is 4. The number of allylic oxidation sites excluding steroid dienone is 2. The van der Waals surface area contributed by atoms with E-state index in [1.54, 1.807) is 17.1 Å². The number of rotatable bonds is 3. The predicted octanol–water partition coefficient (Wildman–Crippen LogP) is 3.77. The monoisotopic (exact) mass is 515 g/mol. The summed E-state index contributed by atoms with van der Waals surface area (Å²) in [5.74, 6) is 0.517. The molecule has 1 N–H and O–H groups in total. The van der Waals surface area contributed by atoms with Crippen LogP contribution in [0.3, 0.4) is 0 Å². The minimum atomic E-state index is -4.85. The standard InChI is InChI=1S/C19H13F3IN3O3/c1-10-4-2-3-5-14(10)29-15-7-13(12(23)6-11(15)9-24)26-17(27)8-16(19(20,21)22)25-18(26)28/h2-6,8,15H,7H2,1H3,(H,25,28). The second-order valence-corrected chi connectivity index (χ2v) is 7.40. The highest BCUT2D eigenvalue weighted by Gasteiger charge is 2.34. The number of alkyl halides is 3. The van der Waals surface area contributed by atoms with E-state index in [9.17, 15) is 28.0 Å². The number of hydrogen-bond donors (Lipinski definition) is 1. The second kappa shape index (κ2) is 7.90. The van der Waals surface area contributed by atoms with Gasteiger partial charge in [0.05, 0.1) is 11.6 Å². The first-order valence-corrected chi connectivity index (χ1v) is 9.36. The molecule has 0 fully saturated rings. The van der Waals surface area contributed by atoms with E-state index in [4.69, 9.17) is 4.74 Å². The molecule has 0 saturated carbocycles. The molecule has 10 heteroatoms. The van der Waals surface area contributed by atoms with Crippen molar-refractivity contribution in [2.45, 2.75) is 25.6 Å². The molecule has 0 amide bonds. The smallest absolute Gasteiger partial charge is 0.431 e. The van der Waals surface area contributed by atoms with E-state index in [0.29, 0.717) is 20.0 Å². The molecule has 1 aromatic heterocycles. The van der Waals surface area contributed by atoms with Crippen LogP contribution in [0.5, 0.6) is 5.75 Å². The number of aryl methyl sites for hydroxylation is 1. The fourth-order valence-corrected chi connectivity index (χ4v) is 3.65. The van der Waals surface area contributed by atoms with Crippen LogP contribution in [0.25, 0.3) is 5.70 Å². The summed E-state index contributed by atoms with van der Waals surface area (Å²) in [6.45, 7) is 1.82. The zero-order valence-electron chi connectivity index (χ0n) is 14.9. The van der Waals surface area contributed by atoms with E-state index in [1.807, 2.05) is 47.7 Å². The van der Waals surface area contributed by atoms with Crippen LogP contribution in [0.4, 0.5) is 13.2 Å². The summed E-state index contributed by atoms with van der Waals surface area (Å²) in [5, 5.41) is 9.43. The van der Waals surface area contributed by atoms with Crippen molar-refractivity contribution in [3.8, 4) is 11.8 Å².